The summed E-state index contributed by atoms with van der Waals surface area (Å²) >= 11 is 0. The van der Waals surface area contributed by atoms with E-state index < -0.39 is 44.4 Å². The number of rotatable bonds is 2. The topological polar surface area (TPSA) is 99.4 Å². The summed E-state index contributed by atoms with van der Waals surface area (Å²) in [5, 5.41) is 36.6. The van der Waals surface area contributed by atoms with Gasteiger partial charge in [0, 0.05) is 7.09 Å². The third-order valence-corrected chi connectivity index (χ3v) is 2.03. The maximum absolute atomic E-state index is 9.43. The van der Waals surface area contributed by atoms with E-state index in [-0.39, 0.29) is 0 Å². The van der Waals surface area contributed by atoms with Gasteiger partial charge in [0.1, 0.15) is 24.4 Å². The van der Waals surface area contributed by atoms with Gasteiger partial charge in [0.05, 0.1) is 7.98 Å². The lowest BCUT2D eigenvalue weighted by Crippen LogP contribution is -2.59. The van der Waals surface area contributed by atoms with Gasteiger partial charge in [-0.05, 0) is 0 Å². The predicted octanol–water partition coefficient (Wildman–Crippen LogP) is -2.57. The van der Waals surface area contributed by atoms with Crippen molar-refractivity contribution in [3.63, 3.8) is 0 Å². The van der Waals surface area contributed by atoms with Gasteiger partial charge in [0.25, 0.3) is 0 Å². The van der Waals surface area contributed by atoms with Crippen LogP contribution in [0.15, 0.2) is 0 Å². The average molecular weight is 195 g/mol. The van der Waals surface area contributed by atoms with Crippen molar-refractivity contribution in [2.45, 2.75) is 30.7 Å². The van der Waals surface area contributed by atoms with Crippen molar-refractivity contribution < 1.29 is 31.3 Å². The molecule has 13 heavy (non-hydrogen) atoms. The molecule has 1 aliphatic heterocycles. The summed E-state index contributed by atoms with van der Waals surface area (Å²) < 4.78 is 16.3. The molecule has 1 heterocycles. The molecule has 1 rings (SSSR count). The molecule has 0 amide bonds. The van der Waals surface area contributed by atoms with Gasteiger partial charge in [-0.3, -0.25) is 0 Å². The van der Waals surface area contributed by atoms with Crippen LogP contribution >= 0.6 is 0 Å². The van der Waals surface area contributed by atoms with Crippen molar-refractivity contribution in [2.75, 3.05) is 13.7 Å². The van der Waals surface area contributed by atoms with Gasteiger partial charge in [-0.25, -0.2) is 0 Å². The van der Waals surface area contributed by atoms with E-state index in [0.29, 0.717) is 0 Å². The Kier molecular flexibility index (Phi) is 3.09. The van der Waals surface area contributed by atoms with E-state index in [0.717, 1.165) is 0 Å². The molecule has 6 nitrogen and oxygen atoms in total. The van der Waals surface area contributed by atoms with Gasteiger partial charge >= 0.3 is 0 Å². The quantitative estimate of drug-likeness (QED) is 0.386. The first-order chi connectivity index (χ1) is 6.61. The molecule has 0 spiro atoms. The van der Waals surface area contributed by atoms with Gasteiger partial charge in [0.15, 0.2) is 6.29 Å². The Labute approximate surface area is 76.7 Å². The van der Waals surface area contributed by atoms with E-state index in [1.165, 1.54) is 0 Å². The molecule has 0 aromatic heterocycles. The van der Waals surface area contributed by atoms with Gasteiger partial charge in [-0.1, -0.05) is 0 Å². The lowest BCUT2D eigenvalue weighted by molar-refractivity contribution is -0.290. The first-order valence-electron chi connectivity index (χ1n) is 4.54. The standard InChI is InChI=1S/C7H14O6/c1-12-6-3(2-8)13-7(11)5(10)4(6)9/h3-11H,2H2,1H3/t3-,4-,5-,6+,7?/m1/s1/i1D. The number of aliphatic hydroxyl groups excluding tert-OH is 4. The number of ether oxygens (including phenoxy) is 2. The molecule has 0 aromatic rings. The normalized spacial score (nSPS) is 47.4. The third-order valence-electron chi connectivity index (χ3n) is 2.03. The Morgan fingerprint density at radius 1 is 1.38 bits per heavy atom. The molecule has 6 heteroatoms. The maximum atomic E-state index is 9.43. The molecule has 78 valence electrons. The second-order valence-corrected chi connectivity index (χ2v) is 2.86. The summed E-state index contributed by atoms with van der Waals surface area (Å²) in [6, 6.07) is 0. The summed E-state index contributed by atoms with van der Waals surface area (Å²) in [6.07, 6.45) is -6.35. The Morgan fingerprint density at radius 3 is 2.62 bits per heavy atom. The van der Waals surface area contributed by atoms with E-state index in [2.05, 4.69) is 0 Å². The summed E-state index contributed by atoms with van der Waals surface area (Å²) in [5.74, 6) is 0. The first kappa shape index (κ1) is 9.32. The lowest BCUT2D eigenvalue weighted by atomic mass is 9.99. The van der Waals surface area contributed by atoms with Crippen molar-refractivity contribution in [1.29, 1.82) is 0 Å². The summed E-state index contributed by atoms with van der Waals surface area (Å²) in [7, 11) is -0.426. The Bertz CT molecular complexity index is 178. The fourth-order valence-electron chi connectivity index (χ4n) is 1.27. The Morgan fingerprint density at radius 2 is 2.08 bits per heavy atom. The minimum atomic E-state index is -1.55. The Hall–Kier alpha value is -0.240. The summed E-state index contributed by atoms with van der Waals surface area (Å²) in [6.45, 7) is -0.467. The minimum absolute atomic E-state index is 0.426. The van der Waals surface area contributed by atoms with Gasteiger partial charge in [-0.2, -0.15) is 0 Å². The number of aliphatic hydroxyl groups is 4. The van der Waals surface area contributed by atoms with Crippen LogP contribution < -0.4 is 0 Å². The second kappa shape index (κ2) is 4.32. The zero-order valence-corrected chi connectivity index (χ0v) is 6.91. The van der Waals surface area contributed by atoms with Crippen molar-refractivity contribution in [1.82, 2.24) is 0 Å². The molecular formula is C7H14O6. The highest BCUT2D eigenvalue weighted by molar-refractivity contribution is 4.89. The third kappa shape index (κ3) is 1.98. The number of hydrogen-bond acceptors (Lipinski definition) is 6. The van der Waals surface area contributed by atoms with Crippen LogP contribution in [0.2, 0.25) is 0 Å². The van der Waals surface area contributed by atoms with Crippen molar-refractivity contribution >= 4 is 0 Å². The molecule has 0 aliphatic carbocycles. The van der Waals surface area contributed by atoms with Crippen LogP contribution in [0, 0.1) is 0 Å². The van der Waals surface area contributed by atoms with E-state index in [4.69, 9.17) is 21.1 Å². The highest BCUT2D eigenvalue weighted by Crippen LogP contribution is 2.21. The van der Waals surface area contributed by atoms with Crippen molar-refractivity contribution in [2.24, 2.45) is 0 Å². The highest BCUT2D eigenvalue weighted by atomic mass is 16.6. The van der Waals surface area contributed by atoms with Gasteiger partial charge in [0.2, 0.25) is 0 Å². The number of hydrogen-bond donors (Lipinski definition) is 4. The van der Waals surface area contributed by atoms with Crippen LogP contribution in [0.1, 0.15) is 1.37 Å². The second-order valence-electron chi connectivity index (χ2n) is 2.86. The van der Waals surface area contributed by atoms with Crippen LogP contribution in [-0.4, -0.2) is 64.8 Å². The van der Waals surface area contributed by atoms with Gasteiger partial charge in [-0.15, -0.1) is 0 Å². The molecule has 0 bridgehead atoms. The van der Waals surface area contributed by atoms with Crippen LogP contribution in [0.3, 0.4) is 0 Å². The molecule has 1 unspecified atom stereocenters. The average Bonchev–Trinajstić information content (AvgIpc) is 2.19. The molecule has 0 saturated carbocycles. The molecule has 0 aromatic carbocycles. The predicted molar refractivity (Wildman–Crippen MR) is 40.8 cm³/mol. The maximum Gasteiger partial charge on any atom is 0.184 e. The van der Waals surface area contributed by atoms with E-state index in [1.807, 2.05) is 0 Å². The fraction of sp³-hybridized carbons (Fsp3) is 1.00. The van der Waals surface area contributed by atoms with Crippen molar-refractivity contribution in [3.05, 3.63) is 0 Å². The molecule has 0 radical (unpaired) electrons. The molecule has 1 fully saturated rings. The van der Waals surface area contributed by atoms with Crippen molar-refractivity contribution in [3.8, 4) is 0 Å². The highest BCUT2D eigenvalue weighted by Gasteiger charge is 2.43. The van der Waals surface area contributed by atoms with Crippen LogP contribution in [0.5, 0.6) is 0 Å². The van der Waals surface area contributed by atoms with Crippen LogP contribution in [0.25, 0.3) is 0 Å². The summed E-state index contributed by atoms with van der Waals surface area (Å²) in [4.78, 5) is 0. The van der Waals surface area contributed by atoms with Crippen LogP contribution in [-0.2, 0) is 9.47 Å². The van der Waals surface area contributed by atoms with E-state index >= 15 is 0 Å². The van der Waals surface area contributed by atoms with Gasteiger partial charge < -0.3 is 29.9 Å². The monoisotopic (exact) mass is 195 g/mol. The van der Waals surface area contributed by atoms with Crippen LogP contribution in [0.4, 0.5) is 0 Å². The zero-order chi connectivity index (χ0) is 10.7. The largest absolute Gasteiger partial charge is 0.394 e. The molecule has 1 aliphatic rings. The Balaban J connectivity index is 2.67. The number of methoxy groups -OCH3 is 1. The molecular weight excluding hydrogens is 180 g/mol. The minimum Gasteiger partial charge on any atom is -0.394 e. The fourth-order valence-corrected chi connectivity index (χ4v) is 1.27. The zero-order valence-electron chi connectivity index (χ0n) is 7.91. The molecule has 5 atom stereocenters. The molecule has 1 saturated heterocycles. The van der Waals surface area contributed by atoms with E-state index in [1.54, 1.807) is 0 Å². The smallest absolute Gasteiger partial charge is 0.184 e. The van der Waals surface area contributed by atoms with E-state index in [9.17, 15) is 10.2 Å². The molecule has 4 N–H and O–H groups in total. The lowest BCUT2D eigenvalue weighted by Gasteiger charge is -2.39. The SMILES string of the molecule is [2H]CO[C@@H]1[C@H](O)[C@@H](O)C(O)O[C@@H]1CO. The summed E-state index contributed by atoms with van der Waals surface area (Å²) in [5.41, 5.74) is 0. The first-order valence-corrected chi connectivity index (χ1v) is 3.83.